The lowest BCUT2D eigenvalue weighted by Crippen LogP contribution is -2.49. The smallest absolute Gasteiger partial charge is 0.325 e. The van der Waals surface area contributed by atoms with Crippen molar-refractivity contribution in [2.75, 3.05) is 32.7 Å². The molecule has 8 heteroatoms. The van der Waals surface area contributed by atoms with Crippen molar-refractivity contribution in [1.29, 1.82) is 0 Å². The maximum absolute atomic E-state index is 12.3. The number of fused-ring (bicyclic) bond motifs is 1. The first-order valence-electron chi connectivity index (χ1n) is 9.60. The van der Waals surface area contributed by atoms with E-state index in [0.717, 1.165) is 40.6 Å². The SMILES string of the molecule is C=C(C)CN1CCN(C(C(=O)O)c2cn(CCC(=O)O)c3cc(Br)ccc23)CC1. The molecule has 2 N–H and O–H groups in total. The lowest BCUT2D eigenvalue weighted by Gasteiger charge is -2.37. The molecule has 0 spiro atoms. The lowest BCUT2D eigenvalue weighted by atomic mass is 10.0. The molecular formula is C21H26BrN3O4. The average molecular weight is 464 g/mol. The first-order valence-corrected chi connectivity index (χ1v) is 10.4. The van der Waals surface area contributed by atoms with Gasteiger partial charge in [-0.1, -0.05) is 34.1 Å². The Hall–Kier alpha value is -2.16. The van der Waals surface area contributed by atoms with E-state index in [4.69, 9.17) is 5.11 Å². The summed E-state index contributed by atoms with van der Waals surface area (Å²) in [5.74, 6) is -1.77. The third kappa shape index (κ3) is 5.07. The molecule has 2 heterocycles. The molecule has 0 saturated carbocycles. The summed E-state index contributed by atoms with van der Waals surface area (Å²) in [5.41, 5.74) is 2.64. The molecule has 0 amide bonds. The number of nitrogens with zero attached hydrogens (tertiary/aromatic N) is 3. The number of benzene rings is 1. The van der Waals surface area contributed by atoms with E-state index in [2.05, 4.69) is 27.4 Å². The maximum Gasteiger partial charge on any atom is 0.325 e. The second-order valence-corrected chi connectivity index (χ2v) is 8.51. The maximum atomic E-state index is 12.3. The minimum absolute atomic E-state index is 0.0208. The van der Waals surface area contributed by atoms with Crippen LogP contribution in [0.2, 0.25) is 0 Å². The van der Waals surface area contributed by atoms with Crippen LogP contribution in [-0.2, 0) is 16.1 Å². The molecule has 0 bridgehead atoms. The van der Waals surface area contributed by atoms with Gasteiger partial charge in [-0.3, -0.25) is 19.4 Å². The van der Waals surface area contributed by atoms with Crippen molar-refractivity contribution in [2.45, 2.75) is 25.9 Å². The highest BCUT2D eigenvalue weighted by atomic mass is 79.9. The number of carboxylic acid groups (broad SMARTS) is 2. The number of hydrogen-bond donors (Lipinski definition) is 2. The first kappa shape index (κ1) is 21.5. The Morgan fingerprint density at radius 2 is 1.90 bits per heavy atom. The molecule has 1 aromatic carbocycles. The van der Waals surface area contributed by atoms with E-state index < -0.39 is 18.0 Å². The highest BCUT2D eigenvalue weighted by Crippen LogP contribution is 2.33. The van der Waals surface area contributed by atoms with Gasteiger partial charge in [-0.05, 0) is 19.1 Å². The van der Waals surface area contributed by atoms with Crippen LogP contribution in [0, 0.1) is 0 Å². The topological polar surface area (TPSA) is 86.0 Å². The van der Waals surface area contributed by atoms with Crippen molar-refractivity contribution in [1.82, 2.24) is 14.4 Å². The number of halogens is 1. The predicted molar refractivity (Wildman–Crippen MR) is 115 cm³/mol. The quantitative estimate of drug-likeness (QED) is 0.584. The molecule has 1 aliphatic rings. The van der Waals surface area contributed by atoms with Crippen LogP contribution >= 0.6 is 15.9 Å². The van der Waals surface area contributed by atoms with E-state index in [1.54, 1.807) is 6.20 Å². The number of carbonyl (C=O) groups is 2. The van der Waals surface area contributed by atoms with Crippen LogP contribution in [0.25, 0.3) is 10.9 Å². The second kappa shape index (κ2) is 9.11. The Morgan fingerprint density at radius 1 is 1.21 bits per heavy atom. The zero-order valence-electron chi connectivity index (χ0n) is 16.5. The van der Waals surface area contributed by atoms with Gasteiger partial charge in [0.05, 0.1) is 6.42 Å². The van der Waals surface area contributed by atoms with Gasteiger partial charge in [-0.2, -0.15) is 0 Å². The van der Waals surface area contributed by atoms with Crippen molar-refractivity contribution < 1.29 is 19.8 Å². The first-order chi connectivity index (χ1) is 13.8. The molecule has 2 aromatic rings. The van der Waals surface area contributed by atoms with E-state index >= 15 is 0 Å². The van der Waals surface area contributed by atoms with E-state index in [1.165, 1.54) is 0 Å². The molecular weight excluding hydrogens is 438 g/mol. The van der Waals surface area contributed by atoms with Gasteiger partial charge in [-0.25, -0.2) is 0 Å². The van der Waals surface area contributed by atoms with Gasteiger partial charge in [0, 0.05) is 66.4 Å². The molecule has 0 radical (unpaired) electrons. The number of aromatic nitrogens is 1. The molecule has 1 aromatic heterocycles. The Bertz CT molecular complexity index is 931. The Morgan fingerprint density at radius 3 is 2.48 bits per heavy atom. The largest absolute Gasteiger partial charge is 0.481 e. The van der Waals surface area contributed by atoms with Crippen LogP contribution in [0.3, 0.4) is 0 Å². The molecule has 156 valence electrons. The van der Waals surface area contributed by atoms with Crippen molar-refractivity contribution in [3.8, 4) is 0 Å². The zero-order valence-corrected chi connectivity index (χ0v) is 18.1. The van der Waals surface area contributed by atoms with Crippen molar-refractivity contribution in [2.24, 2.45) is 0 Å². The van der Waals surface area contributed by atoms with E-state index in [0.29, 0.717) is 25.2 Å². The molecule has 1 atom stereocenters. The van der Waals surface area contributed by atoms with Crippen LogP contribution in [0.5, 0.6) is 0 Å². The summed E-state index contributed by atoms with van der Waals surface area (Å²) in [7, 11) is 0. The summed E-state index contributed by atoms with van der Waals surface area (Å²) in [5, 5.41) is 20.0. The van der Waals surface area contributed by atoms with Crippen LogP contribution in [-0.4, -0.2) is 69.2 Å². The third-order valence-electron chi connectivity index (χ3n) is 5.24. The Balaban J connectivity index is 1.92. The fourth-order valence-electron chi connectivity index (χ4n) is 3.96. The van der Waals surface area contributed by atoms with Crippen LogP contribution in [0.15, 0.2) is 41.0 Å². The molecule has 29 heavy (non-hydrogen) atoms. The molecule has 7 nitrogen and oxygen atoms in total. The molecule has 1 unspecified atom stereocenters. The number of hydrogen-bond acceptors (Lipinski definition) is 4. The van der Waals surface area contributed by atoms with E-state index in [1.807, 2.05) is 34.6 Å². The van der Waals surface area contributed by atoms with Gasteiger partial charge in [-0.15, -0.1) is 0 Å². The van der Waals surface area contributed by atoms with Crippen LogP contribution in [0.4, 0.5) is 0 Å². The highest BCUT2D eigenvalue weighted by molar-refractivity contribution is 9.10. The summed E-state index contributed by atoms with van der Waals surface area (Å²) >= 11 is 3.46. The van der Waals surface area contributed by atoms with Gasteiger partial charge in [0.1, 0.15) is 6.04 Å². The second-order valence-electron chi connectivity index (χ2n) is 7.59. The van der Waals surface area contributed by atoms with Gasteiger partial charge in [0.25, 0.3) is 0 Å². The normalized spacial score (nSPS) is 16.8. The predicted octanol–water partition coefficient (Wildman–Crippen LogP) is 3.20. The summed E-state index contributed by atoms with van der Waals surface area (Å²) in [6.07, 6.45) is 1.78. The number of aryl methyl sites for hydroxylation is 1. The number of aliphatic carboxylic acids is 2. The van der Waals surface area contributed by atoms with Gasteiger partial charge < -0.3 is 14.8 Å². The minimum Gasteiger partial charge on any atom is -0.481 e. The summed E-state index contributed by atoms with van der Waals surface area (Å²) in [4.78, 5) is 27.6. The lowest BCUT2D eigenvalue weighted by molar-refractivity contribution is -0.144. The molecule has 0 aliphatic carbocycles. The zero-order chi connectivity index (χ0) is 21.1. The Kier molecular flexibility index (Phi) is 6.77. The number of carboxylic acids is 2. The van der Waals surface area contributed by atoms with Gasteiger partial charge in [0.2, 0.25) is 0 Å². The molecule has 1 aliphatic heterocycles. The van der Waals surface area contributed by atoms with Crippen molar-refractivity contribution >= 4 is 38.8 Å². The molecule has 1 saturated heterocycles. The number of rotatable bonds is 8. The fraction of sp³-hybridized carbons (Fsp3) is 0.429. The standard InChI is InChI=1S/C21H26BrN3O4/c1-14(2)12-23-7-9-24(10-8-23)20(21(28)29)17-13-25(6-5-19(26)27)18-11-15(22)3-4-16(17)18/h3-4,11,13,20H,1,5-10,12H2,2H3,(H,26,27)(H,28,29). The van der Waals surface area contributed by atoms with Crippen molar-refractivity contribution in [3.63, 3.8) is 0 Å². The van der Waals surface area contributed by atoms with Gasteiger partial charge >= 0.3 is 11.9 Å². The molecule has 3 rings (SSSR count). The highest BCUT2D eigenvalue weighted by Gasteiger charge is 2.32. The summed E-state index contributed by atoms with van der Waals surface area (Å²) in [6.45, 7) is 9.97. The van der Waals surface area contributed by atoms with Gasteiger partial charge in [0.15, 0.2) is 0 Å². The van der Waals surface area contributed by atoms with Crippen molar-refractivity contribution in [3.05, 3.63) is 46.6 Å². The minimum atomic E-state index is -0.890. The average Bonchev–Trinajstić information content (AvgIpc) is 2.98. The summed E-state index contributed by atoms with van der Waals surface area (Å²) < 4.78 is 2.71. The van der Waals surface area contributed by atoms with Crippen LogP contribution in [0.1, 0.15) is 24.9 Å². The van der Waals surface area contributed by atoms with E-state index in [9.17, 15) is 14.7 Å². The Labute approximate surface area is 178 Å². The molecule has 1 fully saturated rings. The van der Waals surface area contributed by atoms with E-state index in [-0.39, 0.29) is 6.42 Å². The third-order valence-corrected chi connectivity index (χ3v) is 5.73. The fourth-order valence-corrected chi connectivity index (χ4v) is 4.31. The van der Waals surface area contributed by atoms with Crippen LogP contribution < -0.4 is 0 Å². The summed E-state index contributed by atoms with van der Waals surface area (Å²) in [6, 6.07) is 4.93. The number of piperazine rings is 1. The monoisotopic (exact) mass is 463 g/mol.